The molecule has 0 aliphatic heterocycles. The highest BCUT2D eigenvalue weighted by atomic mass is 16.5. The fraction of sp³-hybridized carbons (Fsp3) is 0.375. The highest BCUT2D eigenvalue weighted by molar-refractivity contribution is 5.93. The number of amides is 1. The van der Waals surface area contributed by atoms with Crippen molar-refractivity contribution in [3.05, 3.63) is 42.5 Å². The fourth-order valence-electron chi connectivity index (χ4n) is 1.70. The first-order valence-corrected chi connectivity index (χ1v) is 6.87. The SMILES string of the molecule is C=CCCOC(C)C(=O)Nc1cccc(CCC(=O)O)c1. The molecule has 5 heteroatoms. The summed E-state index contributed by atoms with van der Waals surface area (Å²) < 4.78 is 5.36. The number of aliphatic carboxylic acids is 1. The lowest BCUT2D eigenvalue weighted by molar-refractivity contribution is -0.137. The molecular formula is C16H21NO4. The van der Waals surface area contributed by atoms with E-state index in [1.165, 1.54) is 0 Å². The number of ether oxygens (including phenoxy) is 1. The van der Waals surface area contributed by atoms with Crippen LogP contribution in [0.1, 0.15) is 25.3 Å². The summed E-state index contributed by atoms with van der Waals surface area (Å²) in [5, 5.41) is 11.4. The van der Waals surface area contributed by atoms with Crippen LogP contribution in [0.25, 0.3) is 0 Å². The van der Waals surface area contributed by atoms with Crippen LogP contribution in [-0.4, -0.2) is 29.7 Å². The molecule has 1 rings (SSSR count). The Hall–Kier alpha value is -2.14. The molecule has 0 saturated heterocycles. The van der Waals surface area contributed by atoms with Gasteiger partial charge in [-0.3, -0.25) is 9.59 Å². The predicted molar refractivity (Wildman–Crippen MR) is 81.3 cm³/mol. The second kappa shape index (κ2) is 8.92. The van der Waals surface area contributed by atoms with Crippen molar-refractivity contribution in [1.82, 2.24) is 0 Å². The molecule has 0 heterocycles. The maximum Gasteiger partial charge on any atom is 0.303 e. The molecule has 1 aromatic rings. The highest BCUT2D eigenvalue weighted by Gasteiger charge is 2.13. The number of hydrogen-bond donors (Lipinski definition) is 2. The average Bonchev–Trinajstić information content (AvgIpc) is 2.45. The van der Waals surface area contributed by atoms with Crippen LogP contribution in [0, 0.1) is 0 Å². The molecule has 0 aliphatic carbocycles. The quantitative estimate of drug-likeness (QED) is 0.541. The summed E-state index contributed by atoms with van der Waals surface area (Å²) in [6, 6.07) is 7.16. The van der Waals surface area contributed by atoms with Gasteiger partial charge < -0.3 is 15.2 Å². The number of carboxylic acid groups (broad SMARTS) is 1. The van der Waals surface area contributed by atoms with Crippen LogP contribution in [0.4, 0.5) is 5.69 Å². The summed E-state index contributed by atoms with van der Waals surface area (Å²) in [6.07, 6.45) is 2.38. The summed E-state index contributed by atoms with van der Waals surface area (Å²) in [5.74, 6) is -1.07. The minimum Gasteiger partial charge on any atom is -0.481 e. The summed E-state index contributed by atoms with van der Waals surface area (Å²) in [4.78, 5) is 22.5. The molecule has 0 aliphatic rings. The monoisotopic (exact) mass is 291 g/mol. The van der Waals surface area contributed by atoms with Gasteiger partial charge in [0, 0.05) is 12.1 Å². The van der Waals surface area contributed by atoms with Gasteiger partial charge >= 0.3 is 5.97 Å². The first kappa shape index (κ1) is 16.9. The van der Waals surface area contributed by atoms with Gasteiger partial charge in [-0.1, -0.05) is 18.2 Å². The van der Waals surface area contributed by atoms with E-state index in [2.05, 4.69) is 11.9 Å². The third-order valence-electron chi connectivity index (χ3n) is 2.88. The number of carbonyl (C=O) groups is 2. The standard InChI is InChI=1S/C16H21NO4/c1-3-4-10-21-12(2)16(20)17-14-7-5-6-13(11-14)8-9-15(18)19/h3,5-7,11-12H,1,4,8-10H2,2H3,(H,17,20)(H,18,19). The number of rotatable bonds is 9. The van der Waals surface area contributed by atoms with Crippen molar-refractivity contribution in [2.45, 2.75) is 32.3 Å². The van der Waals surface area contributed by atoms with E-state index in [0.717, 1.165) is 5.56 Å². The summed E-state index contributed by atoms with van der Waals surface area (Å²) in [5.41, 5.74) is 1.51. The Bertz CT molecular complexity index is 499. The number of hydrogen-bond acceptors (Lipinski definition) is 3. The zero-order chi connectivity index (χ0) is 15.7. The van der Waals surface area contributed by atoms with Crippen LogP contribution in [0.2, 0.25) is 0 Å². The van der Waals surface area contributed by atoms with Crippen molar-refractivity contribution in [3.8, 4) is 0 Å². The Labute approximate surface area is 124 Å². The number of anilines is 1. The number of benzene rings is 1. The van der Waals surface area contributed by atoms with E-state index < -0.39 is 12.1 Å². The lowest BCUT2D eigenvalue weighted by Crippen LogP contribution is -2.28. The zero-order valence-electron chi connectivity index (χ0n) is 12.2. The van der Waals surface area contributed by atoms with Gasteiger partial charge in [-0.05, 0) is 37.5 Å². The Balaban J connectivity index is 2.53. The number of aryl methyl sites for hydroxylation is 1. The minimum absolute atomic E-state index is 0.0679. The molecule has 2 N–H and O–H groups in total. The molecule has 114 valence electrons. The topological polar surface area (TPSA) is 75.6 Å². The van der Waals surface area contributed by atoms with Crippen LogP contribution >= 0.6 is 0 Å². The van der Waals surface area contributed by atoms with Crippen LogP contribution in [0.5, 0.6) is 0 Å². The molecule has 5 nitrogen and oxygen atoms in total. The van der Waals surface area contributed by atoms with Crippen molar-refractivity contribution in [3.63, 3.8) is 0 Å². The Morgan fingerprint density at radius 3 is 2.90 bits per heavy atom. The first-order chi connectivity index (χ1) is 10.0. The molecular weight excluding hydrogens is 270 g/mol. The second-order valence-electron chi connectivity index (χ2n) is 4.67. The van der Waals surface area contributed by atoms with Gasteiger partial charge in [0.05, 0.1) is 6.61 Å². The molecule has 0 radical (unpaired) electrons. The van der Waals surface area contributed by atoms with Crippen molar-refractivity contribution < 1.29 is 19.4 Å². The van der Waals surface area contributed by atoms with Crippen molar-refractivity contribution in [1.29, 1.82) is 0 Å². The van der Waals surface area contributed by atoms with Gasteiger partial charge in [0.2, 0.25) is 0 Å². The van der Waals surface area contributed by atoms with E-state index in [1.807, 2.05) is 6.07 Å². The molecule has 0 saturated carbocycles. The van der Waals surface area contributed by atoms with Crippen LogP contribution in [0.3, 0.4) is 0 Å². The average molecular weight is 291 g/mol. The predicted octanol–water partition coefficient (Wildman–Crippen LogP) is 2.62. The molecule has 21 heavy (non-hydrogen) atoms. The minimum atomic E-state index is -0.839. The molecule has 1 atom stereocenters. The van der Waals surface area contributed by atoms with E-state index in [0.29, 0.717) is 25.1 Å². The molecule has 0 spiro atoms. The van der Waals surface area contributed by atoms with E-state index >= 15 is 0 Å². The van der Waals surface area contributed by atoms with Crippen LogP contribution in [0.15, 0.2) is 36.9 Å². The lowest BCUT2D eigenvalue weighted by atomic mass is 10.1. The zero-order valence-corrected chi connectivity index (χ0v) is 12.2. The molecule has 1 amide bonds. The highest BCUT2D eigenvalue weighted by Crippen LogP contribution is 2.13. The van der Waals surface area contributed by atoms with Gasteiger partial charge in [-0.2, -0.15) is 0 Å². The Morgan fingerprint density at radius 1 is 1.48 bits per heavy atom. The molecule has 1 aromatic carbocycles. The van der Waals surface area contributed by atoms with Gasteiger partial charge in [0.15, 0.2) is 0 Å². The van der Waals surface area contributed by atoms with Crippen molar-refractivity contribution in [2.75, 3.05) is 11.9 Å². The van der Waals surface area contributed by atoms with Crippen LogP contribution in [-0.2, 0) is 20.7 Å². The Kier molecular flexibility index (Phi) is 7.18. The molecule has 0 fully saturated rings. The largest absolute Gasteiger partial charge is 0.481 e. The van der Waals surface area contributed by atoms with Crippen molar-refractivity contribution >= 4 is 17.6 Å². The lowest BCUT2D eigenvalue weighted by Gasteiger charge is -2.13. The van der Waals surface area contributed by atoms with Gasteiger partial charge in [-0.25, -0.2) is 0 Å². The van der Waals surface area contributed by atoms with Gasteiger partial charge in [-0.15, -0.1) is 6.58 Å². The molecule has 0 aromatic heterocycles. The van der Waals surface area contributed by atoms with Gasteiger partial charge in [0.1, 0.15) is 6.10 Å². The van der Waals surface area contributed by atoms with Crippen molar-refractivity contribution in [2.24, 2.45) is 0 Å². The summed E-state index contributed by atoms with van der Waals surface area (Å²) in [7, 11) is 0. The first-order valence-electron chi connectivity index (χ1n) is 6.87. The summed E-state index contributed by atoms with van der Waals surface area (Å²) in [6.45, 7) is 5.73. The van der Waals surface area contributed by atoms with Gasteiger partial charge in [0.25, 0.3) is 5.91 Å². The van der Waals surface area contributed by atoms with E-state index in [4.69, 9.17) is 9.84 Å². The molecule has 1 unspecified atom stereocenters. The third-order valence-corrected chi connectivity index (χ3v) is 2.88. The van der Waals surface area contributed by atoms with E-state index in [-0.39, 0.29) is 12.3 Å². The smallest absolute Gasteiger partial charge is 0.303 e. The number of carboxylic acids is 1. The van der Waals surface area contributed by atoms with E-state index in [9.17, 15) is 9.59 Å². The maximum atomic E-state index is 11.9. The fourth-order valence-corrected chi connectivity index (χ4v) is 1.70. The summed E-state index contributed by atoms with van der Waals surface area (Å²) >= 11 is 0. The normalized spacial score (nSPS) is 11.7. The van der Waals surface area contributed by atoms with Crippen LogP contribution < -0.4 is 5.32 Å². The second-order valence-corrected chi connectivity index (χ2v) is 4.67. The number of carbonyl (C=O) groups excluding carboxylic acids is 1. The van der Waals surface area contributed by atoms with E-state index in [1.54, 1.807) is 31.2 Å². The number of nitrogens with one attached hydrogen (secondary N) is 1. The third kappa shape index (κ3) is 6.72. The Morgan fingerprint density at radius 2 is 2.24 bits per heavy atom. The molecule has 0 bridgehead atoms. The maximum absolute atomic E-state index is 11.9.